The fourth-order valence-electron chi connectivity index (χ4n) is 3.41. The van der Waals surface area contributed by atoms with Crippen LogP contribution in [0.25, 0.3) is 0 Å². The molecule has 2 N–H and O–H groups in total. The zero-order valence-corrected chi connectivity index (χ0v) is 16.3. The second kappa shape index (κ2) is 7.18. The van der Waals surface area contributed by atoms with E-state index in [9.17, 15) is 4.39 Å². The number of rotatable bonds is 4. The normalized spacial score (nSPS) is 17.1. The van der Waals surface area contributed by atoms with E-state index in [1.165, 1.54) is 18.5 Å². The van der Waals surface area contributed by atoms with Crippen molar-refractivity contribution in [2.75, 3.05) is 16.8 Å². The number of aromatic nitrogens is 5. The number of H-pyrrole nitrogens is 1. The van der Waals surface area contributed by atoms with Gasteiger partial charge >= 0.3 is 0 Å². The van der Waals surface area contributed by atoms with Crippen LogP contribution in [0.5, 0.6) is 0 Å². The van der Waals surface area contributed by atoms with Crippen LogP contribution < -0.4 is 10.2 Å². The number of halogens is 1. The lowest BCUT2D eigenvalue weighted by molar-refractivity contribution is 0.567. The summed E-state index contributed by atoms with van der Waals surface area (Å²) in [4.78, 5) is 15.3. The molecule has 0 bridgehead atoms. The molecule has 1 saturated heterocycles. The van der Waals surface area contributed by atoms with Crippen molar-refractivity contribution in [1.82, 2.24) is 25.1 Å². The number of aromatic amines is 1. The molecule has 1 atom stereocenters. The molecular formula is C20H24FN7. The average Bonchev–Trinajstić information content (AvgIpc) is 3.32. The van der Waals surface area contributed by atoms with E-state index in [4.69, 9.17) is 0 Å². The smallest absolute Gasteiger partial charge is 0.233 e. The van der Waals surface area contributed by atoms with Crippen LogP contribution >= 0.6 is 0 Å². The minimum atomic E-state index is -0.228. The standard InChI is InChI=1S/C20H24FN7/c1-20(2,3)16-11-17(27-26-16)24-18-22-12-23-19(25-18)28-10-4-5-15(28)13-6-8-14(21)9-7-13/h6-9,11-12,15H,4-5,10H2,1-3H3,(H2,22,23,24,25,26,27). The number of hydrogen-bond donors (Lipinski definition) is 2. The third-order valence-corrected chi connectivity index (χ3v) is 4.95. The van der Waals surface area contributed by atoms with Crippen LogP contribution in [0.2, 0.25) is 0 Å². The van der Waals surface area contributed by atoms with Crippen LogP contribution in [0.4, 0.5) is 22.1 Å². The first kappa shape index (κ1) is 18.3. The van der Waals surface area contributed by atoms with E-state index in [2.05, 4.69) is 56.1 Å². The summed E-state index contributed by atoms with van der Waals surface area (Å²) in [6.07, 6.45) is 3.52. The molecule has 3 heterocycles. The van der Waals surface area contributed by atoms with Gasteiger partial charge < -0.3 is 10.2 Å². The Morgan fingerprint density at radius 3 is 2.68 bits per heavy atom. The molecule has 1 fully saturated rings. The van der Waals surface area contributed by atoms with Crippen LogP contribution in [0.1, 0.15) is 50.9 Å². The van der Waals surface area contributed by atoms with E-state index < -0.39 is 0 Å². The molecule has 2 aromatic heterocycles. The Kier molecular flexibility index (Phi) is 4.70. The highest BCUT2D eigenvalue weighted by Gasteiger charge is 2.28. The molecule has 1 aromatic carbocycles. The van der Waals surface area contributed by atoms with Gasteiger partial charge in [0.2, 0.25) is 11.9 Å². The Labute approximate surface area is 163 Å². The maximum atomic E-state index is 13.3. The molecule has 0 saturated carbocycles. The zero-order chi connectivity index (χ0) is 19.7. The molecule has 0 radical (unpaired) electrons. The number of anilines is 3. The fourth-order valence-corrected chi connectivity index (χ4v) is 3.41. The SMILES string of the molecule is CC(C)(C)c1cc(Nc2ncnc(N3CCCC3c3ccc(F)cc3)n2)n[nH]1. The lowest BCUT2D eigenvalue weighted by Gasteiger charge is -2.25. The first-order valence-corrected chi connectivity index (χ1v) is 9.44. The molecule has 4 rings (SSSR count). The summed E-state index contributed by atoms with van der Waals surface area (Å²) < 4.78 is 13.3. The monoisotopic (exact) mass is 381 g/mol. The lowest BCUT2D eigenvalue weighted by atomic mass is 9.92. The van der Waals surface area contributed by atoms with Gasteiger partial charge in [0.05, 0.1) is 6.04 Å². The summed E-state index contributed by atoms with van der Waals surface area (Å²) in [6.45, 7) is 7.21. The third kappa shape index (κ3) is 3.81. The molecule has 0 spiro atoms. The predicted octanol–water partition coefficient (Wildman–Crippen LogP) is 4.12. The highest BCUT2D eigenvalue weighted by atomic mass is 19.1. The number of nitrogens with zero attached hydrogens (tertiary/aromatic N) is 5. The summed E-state index contributed by atoms with van der Waals surface area (Å²) in [7, 11) is 0. The Hall–Kier alpha value is -3.03. The largest absolute Gasteiger partial charge is 0.334 e. The van der Waals surface area contributed by atoms with Crippen molar-refractivity contribution in [3.05, 3.63) is 53.7 Å². The van der Waals surface area contributed by atoms with Gasteiger partial charge in [0.1, 0.15) is 12.1 Å². The van der Waals surface area contributed by atoms with Crippen molar-refractivity contribution in [3.8, 4) is 0 Å². The van der Waals surface area contributed by atoms with E-state index >= 15 is 0 Å². The van der Waals surface area contributed by atoms with E-state index in [1.54, 1.807) is 0 Å². The van der Waals surface area contributed by atoms with Crippen LogP contribution in [0, 0.1) is 5.82 Å². The molecule has 146 valence electrons. The van der Waals surface area contributed by atoms with Gasteiger partial charge in [-0.2, -0.15) is 10.1 Å². The van der Waals surface area contributed by atoms with E-state index in [-0.39, 0.29) is 17.3 Å². The van der Waals surface area contributed by atoms with Crippen LogP contribution in [-0.2, 0) is 5.41 Å². The van der Waals surface area contributed by atoms with Gasteiger partial charge in [0, 0.05) is 23.7 Å². The van der Waals surface area contributed by atoms with Crippen LogP contribution in [-0.4, -0.2) is 31.7 Å². The number of nitrogens with one attached hydrogen (secondary N) is 2. The summed E-state index contributed by atoms with van der Waals surface area (Å²) in [5, 5.41) is 10.5. The summed E-state index contributed by atoms with van der Waals surface area (Å²) in [5.74, 6) is 1.49. The van der Waals surface area contributed by atoms with Crippen LogP contribution in [0.15, 0.2) is 36.7 Å². The molecule has 1 aliphatic heterocycles. The minimum absolute atomic E-state index is 0.0187. The van der Waals surface area contributed by atoms with Crippen LogP contribution in [0.3, 0.4) is 0 Å². The van der Waals surface area contributed by atoms with E-state index in [0.29, 0.717) is 17.7 Å². The Morgan fingerprint density at radius 2 is 1.96 bits per heavy atom. The Bertz CT molecular complexity index is 946. The van der Waals surface area contributed by atoms with Crippen molar-refractivity contribution < 1.29 is 4.39 Å². The van der Waals surface area contributed by atoms with Crippen molar-refractivity contribution in [2.45, 2.75) is 45.1 Å². The first-order valence-electron chi connectivity index (χ1n) is 9.44. The Morgan fingerprint density at radius 1 is 1.18 bits per heavy atom. The summed E-state index contributed by atoms with van der Waals surface area (Å²) in [5.41, 5.74) is 2.07. The van der Waals surface area contributed by atoms with Crippen molar-refractivity contribution >= 4 is 17.7 Å². The molecule has 3 aromatic rings. The van der Waals surface area contributed by atoms with Gasteiger partial charge in [-0.3, -0.25) is 5.10 Å². The first-order chi connectivity index (χ1) is 13.4. The third-order valence-electron chi connectivity index (χ3n) is 4.95. The molecule has 28 heavy (non-hydrogen) atoms. The van der Waals surface area contributed by atoms with Gasteiger partial charge in [0.15, 0.2) is 5.82 Å². The molecule has 1 aliphatic rings. The summed E-state index contributed by atoms with van der Waals surface area (Å²) in [6, 6.07) is 8.74. The van der Waals surface area contributed by atoms with Gasteiger partial charge in [-0.25, -0.2) is 14.4 Å². The quantitative estimate of drug-likeness (QED) is 0.707. The fraction of sp³-hybridized carbons (Fsp3) is 0.400. The lowest BCUT2D eigenvalue weighted by Crippen LogP contribution is -2.25. The van der Waals surface area contributed by atoms with Gasteiger partial charge in [-0.05, 0) is 30.5 Å². The molecule has 8 heteroatoms. The highest BCUT2D eigenvalue weighted by Crippen LogP contribution is 2.34. The van der Waals surface area contributed by atoms with E-state index in [0.717, 1.165) is 30.6 Å². The van der Waals surface area contributed by atoms with Gasteiger partial charge in [-0.15, -0.1) is 0 Å². The molecule has 1 unspecified atom stereocenters. The molecular weight excluding hydrogens is 357 g/mol. The molecule has 0 amide bonds. The average molecular weight is 381 g/mol. The second-order valence-electron chi connectivity index (χ2n) is 8.05. The topological polar surface area (TPSA) is 82.6 Å². The second-order valence-corrected chi connectivity index (χ2v) is 8.05. The van der Waals surface area contributed by atoms with Crippen molar-refractivity contribution in [1.29, 1.82) is 0 Å². The van der Waals surface area contributed by atoms with Crippen molar-refractivity contribution in [2.24, 2.45) is 0 Å². The molecule has 0 aliphatic carbocycles. The number of hydrogen-bond acceptors (Lipinski definition) is 6. The van der Waals surface area contributed by atoms with Gasteiger partial charge in [-0.1, -0.05) is 32.9 Å². The number of benzene rings is 1. The zero-order valence-electron chi connectivity index (χ0n) is 16.3. The maximum absolute atomic E-state index is 13.3. The van der Waals surface area contributed by atoms with Gasteiger partial charge in [0.25, 0.3) is 0 Å². The minimum Gasteiger partial charge on any atom is -0.334 e. The molecule has 7 nitrogen and oxygen atoms in total. The highest BCUT2D eigenvalue weighted by molar-refractivity contribution is 5.50. The summed E-state index contributed by atoms with van der Waals surface area (Å²) >= 11 is 0. The predicted molar refractivity (Wildman–Crippen MR) is 106 cm³/mol. The Balaban J connectivity index is 1.54. The van der Waals surface area contributed by atoms with E-state index in [1.807, 2.05) is 18.2 Å². The maximum Gasteiger partial charge on any atom is 0.233 e. The van der Waals surface area contributed by atoms with Crippen molar-refractivity contribution in [3.63, 3.8) is 0 Å².